The topological polar surface area (TPSA) is 54.5 Å². The Kier molecular flexibility index (Phi) is 7.39. The smallest absolute Gasteiger partial charge is 0.263 e. The Labute approximate surface area is 143 Å². The molecule has 5 nitrogen and oxygen atoms in total. The minimum atomic E-state index is -0.462. The summed E-state index contributed by atoms with van der Waals surface area (Å²) < 4.78 is 5.68. The van der Waals surface area contributed by atoms with E-state index >= 15 is 0 Å². The van der Waals surface area contributed by atoms with Gasteiger partial charge >= 0.3 is 0 Å². The van der Waals surface area contributed by atoms with Crippen LogP contribution in [0.2, 0.25) is 0 Å². The summed E-state index contributed by atoms with van der Waals surface area (Å²) >= 11 is 0. The standard InChI is InChI=1S/C15H21N3O2.2ClH/c1-11(20-14-3-2-7-16-9-14)15(19)18-8-6-12-4-5-13(10-18)17-12;;/h2-3,7,9,11-13,17H,4-6,8,10H2,1H3;2*1H. The van der Waals surface area contributed by atoms with Crippen molar-refractivity contribution in [3.63, 3.8) is 0 Å². The van der Waals surface area contributed by atoms with Crippen LogP contribution in [0.5, 0.6) is 5.75 Å². The number of pyridine rings is 1. The fraction of sp³-hybridized carbons (Fsp3) is 0.600. The molecule has 2 bridgehead atoms. The summed E-state index contributed by atoms with van der Waals surface area (Å²) in [5.41, 5.74) is 0. The lowest BCUT2D eigenvalue weighted by molar-refractivity contribution is -0.138. The number of carbonyl (C=O) groups excluding carboxylic acids is 1. The molecule has 1 aromatic heterocycles. The third-order valence-electron chi connectivity index (χ3n) is 4.13. The van der Waals surface area contributed by atoms with Gasteiger partial charge in [0.25, 0.3) is 5.91 Å². The van der Waals surface area contributed by atoms with E-state index < -0.39 is 6.10 Å². The van der Waals surface area contributed by atoms with Gasteiger partial charge in [-0.2, -0.15) is 0 Å². The molecule has 0 aliphatic carbocycles. The molecule has 1 N–H and O–H groups in total. The fourth-order valence-corrected chi connectivity index (χ4v) is 3.07. The lowest BCUT2D eigenvalue weighted by Crippen LogP contribution is -2.44. The van der Waals surface area contributed by atoms with E-state index in [2.05, 4.69) is 10.3 Å². The molecule has 22 heavy (non-hydrogen) atoms. The first kappa shape index (κ1) is 19.0. The van der Waals surface area contributed by atoms with Crippen molar-refractivity contribution < 1.29 is 9.53 Å². The molecule has 3 atom stereocenters. The number of aromatic nitrogens is 1. The number of amides is 1. The Morgan fingerprint density at radius 2 is 2.14 bits per heavy atom. The predicted molar refractivity (Wildman–Crippen MR) is 90.0 cm³/mol. The highest BCUT2D eigenvalue weighted by molar-refractivity contribution is 5.85. The van der Waals surface area contributed by atoms with Gasteiger partial charge in [0.15, 0.2) is 6.10 Å². The van der Waals surface area contributed by atoms with Gasteiger partial charge in [-0.05, 0) is 38.3 Å². The average molecular weight is 348 g/mol. The molecular weight excluding hydrogens is 325 g/mol. The van der Waals surface area contributed by atoms with Crippen molar-refractivity contribution in [3.8, 4) is 5.75 Å². The number of rotatable bonds is 3. The summed E-state index contributed by atoms with van der Waals surface area (Å²) in [6.07, 6.45) is 6.32. The number of likely N-dealkylation sites (tertiary alicyclic amines) is 1. The second-order valence-corrected chi connectivity index (χ2v) is 5.66. The minimum Gasteiger partial charge on any atom is -0.479 e. The zero-order valence-electron chi connectivity index (χ0n) is 12.6. The molecule has 0 spiro atoms. The lowest BCUT2D eigenvalue weighted by atomic mass is 10.1. The Morgan fingerprint density at radius 1 is 1.36 bits per heavy atom. The first-order valence-corrected chi connectivity index (χ1v) is 7.34. The first-order valence-electron chi connectivity index (χ1n) is 7.34. The molecule has 7 heteroatoms. The molecule has 0 aromatic carbocycles. The molecule has 0 saturated carbocycles. The predicted octanol–water partition coefficient (Wildman–Crippen LogP) is 2.05. The van der Waals surface area contributed by atoms with Crippen LogP contribution in [-0.2, 0) is 4.79 Å². The Morgan fingerprint density at radius 3 is 2.86 bits per heavy atom. The molecule has 3 rings (SSSR count). The SMILES string of the molecule is CC(Oc1cccnc1)C(=O)N1CCC2CCC(C1)N2.Cl.Cl. The zero-order chi connectivity index (χ0) is 13.9. The van der Waals surface area contributed by atoms with Gasteiger partial charge in [-0.15, -0.1) is 24.8 Å². The van der Waals surface area contributed by atoms with Crippen LogP contribution in [0.25, 0.3) is 0 Å². The van der Waals surface area contributed by atoms with Gasteiger partial charge < -0.3 is 15.0 Å². The highest BCUT2D eigenvalue weighted by Crippen LogP contribution is 2.21. The van der Waals surface area contributed by atoms with Crippen LogP contribution in [0.3, 0.4) is 0 Å². The molecule has 124 valence electrons. The van der Waals surface area contributed by atoms with Crippen molar-refractivity contribution in [2.45, 2.75) is 44.4 Å². The molecular formula is C15H23Cl2N3O2. The number of halogens is 2. The van der Waals surface area contributed by atoms with E-state index in [1.807, 2.05) is 17.9 Å². The van der Waals surface area contributed by atoms with Crippen molar-refractivity contribution in [1.82, 2.24) is 15.2 Å². The Balaban J connectivity index is 0.00000121. The van der Waals surface area contributed by atoms with Crippen molar-refractivity contribution in [3.05, 3.63) is 24.5 Å². The molecule has 2 aliphatic heterocycles. The molecule has 2 aliphatic rings. The number of hydrogen-bond donors (Lipinski definition) is 1. The van der Waals surface area contributed by atoms with Crippen LogP contribution < -0.4 is 10.1 Å². The van der Waals surface area contributed by atoms with Crippen LogP contribution in [0.15, 0.2) is 24.5 Å². The second kappa shape index (κ2) is 8.56. The number of nitrogens with zero attached hydrogens (tertiary/aromatic N) is 2. The first-order chi connectivity index (χ1) is 9.72. The van der Waals surface area contributed by atoms with E-state index in [4.69, 9.17) is 4.74 Å². The van der Waals surface area contributed by atoms with E-state index in [-0.39, 0.29) is 30.7 Å². The van der Waals surface area contributed by atoms with E-state index in [1.54, 1.807) is 18.5 Å². The van der Waals surface area contributed by atoms with Crippen molar-refractivity contribution in [2.75, 3.05) is 13.1 Å². The van der Waals surface area contributed by atoms with E-state index in [9.17, 15) is 4.79 Å². The van der Waals surface area contributed by atoms with Crippen LogP contribution in [0, 0.1) is 0 Å². The summed E-state index contributed by atoms with van der Waals surface area (Å²) in [6.45, 7) is 3.44. The van der Waals surface area contributed by atoms with Gasteiger partial charge in [-0.25, -0.2) is 0 Å². The summed E-state index contributed by atoms with van der Waals surface area (Å²) in [6, 6.07) is 4.67. The number of hydrogen-bond acceptors (Lipinski definition) is 4. The van der Waals surface area contributed by atoms with E-state index in [0.29, 0.717) is 17.8 Å². The van der Waals surface area contributed by atoms with E-state index in [0.717, 1.165) is 19.5 Å². The molecule has 1 aromatic rings. The average Bonchev–Trinajstić information content (AvgIpc) is 2.79. The van der Waals surface area contributed by atoms with Gasteiger partial charge in [0.1, 0.15) is 5.75 Å². The van der Waals surface area contributed by atoms with Gasteiger partial charge in [-0.1, -0.05) is 0 Å². The number of ether oxygens (including phenoxy) is 1. The van der Waals surface area contributed by atoms with Crippen LogP contribution in [0.4, 0.5) is 0 Å². The summed E-state index contributed by atoms with van der Waals surface area (Å²) in [4.78, 5) is 18.4. The maximum absolute atomic E-state index is 12.5. The molecule has 0 radical (unpaired) electrons. The number of nitrogens with one attached hydrogen (secondary N) is 1. The summed E-state index contributed by atoms with van der Waals surface area (Å²) in [7, 11) is 0. The highest BCUT2D eigenvalue weighted by atomic mass is 35.5. The molecule has 1 amide bonds. The van der Waals surface area contributed by atoms with Gasteiger partial charge in [0.2, 0.25) is 0 Å². The largest absolute Gasteiger partial charge is 0.479 e. The minimum absolute atomic E-state index is 0. The van der Waals surface area contributed by atoms with E-state index in [1.165, 1.54) is 12.8 Å². The van der Waals surface area contributed by atoms with Crippen LogP contribution in [-0.4, -0.2) is 47.1 Å². The summed E-state index contributed by atoms with van der Waals surface area (Å²) in [5, 5.41) is 3.58. The van der Waals surface area contributed by atoms with Crippen molar-refractivity contribution in [1.29, 1.82) is 0 Å². The molecule has 3 heterocycles. The van der Waals surface area contributed by atoms with Gasteiger partial charge in [0, 0.05) is 31.4 Å². The third kappa shape index (κ3) is 4.48. The lowest BCUT2D eigenvalue weighted by Gasteiger charge is -2.27. The molecule has 2 saturated heterocycles. The maximum atomic E-state index is 12.5. The Hall–Kier alpha value is -1.04. The third-order valence-corrected chi connectivity index (χ3v) is 4.13. The normalized spacial score (nSPS) is 24.5. The maximum Gasteiger partial charge on any atom is 0.263 e. The van der Waals surface area contributed by atoms with Crippen LogP contribution in [0.1, 0.15) is 26.2 Å². The number of carbonyl (C=O) groups is 1. The molecule has 2 fully saturated rings. The highest BCUT2D eigenvalue weighted by Gasteiger charge is 2.32. The monoisotopic (exact) mass is 347 g/mol. The quantitative estimate of drug-likeness (QED) is 0.908. The molecule has 3 unspecified atom stereocenters. The van der Waals surface area contributed by atoms with Crippen LogP contribution >= 0.6 is 24.8 Å². The van der Waals surface area contributed by atoms with Gasteiger partial charge in [0.05, 0.1) is 6.20 Å². The zero-order valence-corrected chi connectivity index (χ0v) is 14.2. The van der Waals surface area contributed by atoms with Crippen molar-refractivity contribution in [2.24, 2.45) is 0 Å². The van der Waals surface area contributed by atoms with Gasteiger partial charge in [-0.3, -0.25) is 9.78 Å². The van der Waals surface area contributed by atoms with Crippen molar-refractivity contribution >= 4 is 30.7 Å². The summed E-state index contributed by atoms with van der Waals surface area (Å²) in [5.74, 6) is 0.714. The number of fused-ring (bicyclic) bond motifs is 2. The fourth-order valence-electron chi connectivity index (χ4n) is 3.07. The second-order valence-electron chi connectivity index (χ2n) is 5.66. The Bertz CT molecular complexity index is 475.